The zero-order chi connectivity index (χ0) is 21.6. The average Bonchev–Trinajstić information content (AvgIpc) is 3.22. The van der Waals surface area contributed by atoms with E-state index in [4.69, 9.17) is 11.6 Å². The first-order valence-electron chi connectivity index (χ1n) is 10.8. The molecule has 0 saturated heterocycles. The first kappa shape index (κ1) is 21.4. The van der Waals surface area contributed by atoms with Crippen LogP contribution in [0.25, 0.3) is 0 Å². The first-order chi connectivity index (χ1) is 15.1. The van der Waals surface area contributed by atoms with E-state index in [0.717, 1.165) is 42.6 Å². The molecule has 4 rings (SSSR count). The van der Waals surface area contributed by atoms with Crippen molar-refractivity contribution in [3.63, 3.8) is 0 Å². The molecular weight excluding hydrogens is 413 g/mol. The van der Waals surface area contributed by atoms with Crippen molar-refractivity contribution in [1.82, 2.24) is 9.47 Å². The second-order valence-electron chi connectivity index (χ2n) is 8.11. The van der Waals surface area contributed by atoms with Gasteiger partial charge in [-0.05, 0) is 66.9 Å². The molecule has 1 aliphatic rings. The van der Waals surface area contributed by atoms with Gasteiger partial charge < -0.3 is 14.8 Å². The number of aromatic nitrogens is 1. The number of hydrogen-bond donors (Lipinski definition) is 1. The lowest BCUT2D eigenvalue weighted by atomic mass is 9.94. The van der Waals surface area contributed by atoms with E-state index in [9.17, 15) is 9.18 Å². The van der Waals surface area contributed by atoms with Gasteiger partial charge in [-0.3, -0.25) is 0 Å². The highest BCUT2D eigenvalue weighted by molar-refractivity contribution is 6.30. The molecule has 0 unspecified atom stereocenters. The highest BCUT2D eigenvalue weighted by atomic mass is 35.5. The largest absolute Gasteiger partial charge is 0.345 e. The number of benzene rings is 2. The molecule has 0 spiro atoms. The molecular formula is C25H27ClFN3O. The molecule has 1 N–H and O–H groups in total. The Kier molecular flexibility index (Phi) is 6.92. The van der Waals surface area contributed by atoms with Crippen molar-refractivity contribution in [1.29, 1.82) is 0 Å². The summed E-state index contributed by atoms with van der Waals surface area (Å²) in [6.07, 6.45) is 7.57. The molecule has 1 aromatic heterocycles. The maximum atomic E-state index is 13.3. The van der Waals surface area contributed by atoms with E-state index in [0.29, 0.717) is 18.1 Å². The highest BCUT2D eigenvalue weighted by Crippen LogP contribution is 2.26. The van der Waals surface area contributed by atoms with Crippen LogP contribution in [-0.4, -0.2) is 21.5 Å². The van der Waals surface area contributed by atoms with E-state index in [-0.39, 0.29) is 17.9 Å². The molecule has 0 atom stereocenters. The van der Waals surface area contributed by atoms with Gasteiger partial charge >= 0.3 is 6.03 Å². The number of halogens is 2. The van der Waals surface area contributed by atoms with E-state index in [1.165, 1.54) is 18.6 Å². The number of hydrogen-bond acceptors (Lipinski definition) is 1. The lowest BCUT2D eigenvalue weighted by Crippen LogP contribution is -2.43. The zero-order valence-corrected chi connectivity index (χ0v) is 18.2. The topological polar surface area (TPSA) is 37.3 Å². The van der Waals surface area contributed by atoms with Crippen LogP contribution in [0.4, 0.5) is 14.9 Å². The molecule has 0 aliphatic heterocycles. The molecule has 2 aromatic carbocycles. The number of carbonyl (C=O) groups excluding carboxylic acids is 1. The van der Waals surface area contributed by atoms with Crippen LogP contribution in [0.5, 0.6) is 0 Å². The van der Waals surface area contributed by atoms with Gasteiger partial charge in [0.25, 0.3) is 0 Å². The summed E-state index contributed by atoms with van der Waals surface area (Å²) in [4.78, 5) is 15.2. The average molecular weight is 440 g/mol. The predicted molar refractivity (Wildman–Crippen MR) is 123 cm³/mol. The Balaban J connectivity index is 1.52. The van der Waals surface area contributed by atoms with Crippen molar-refractivity contribution < 1.29 is 9.18 Å². The van der Waals surface area contributed by atoms with Crippen LogP contribution < -0.4 is 5.32 Å². The van der Waals surface area contributed by atoms with E-state index >= 15 is 0 Å². The number of carbonyl (C=O) groups is 1. The molecule has 1 heterocycles. The van der Waals surface area contributed by atoms with E-state index < -0.39 is 0 Å². The summed E-state index contributed by atoms with van der Waals surface area (Å²) in [5.74, 6) is -0.237. The van der Waals surface area contributed by atoms with Gasteiger partial charge in [0, 0.05) is 35.2 Å². The van der Waals surface area contributed by atoms with Crippen molar-refractivity contribution in [2.24, 2.45) is 0 Å². The van der Waals surface area contributed by atoms with Gasteiger partial charge in [-0.2, -0.15) is 0 Å². The maximum Gasteiger partial charge on any atom is 0.322 e. The van der Waals surface area contributed by atoms with Crippen LogP contribution in [0.1, 0.15) is 43.4 Å². The summed E-state index contributed by atoms with van der Waals surface area (Å²) in [6, 6.07) is 17.9. The van der Waals surface area contributed by atoms with Crippen molar-refractivity contribution in [2.75, 3.05) is 5.32 Å². The molecule has 1 saturated carbocycles. The number of rotatable bonds is 6. The summed E-state index contributed by atoms with van der Waals surface area (Å²) in [5.41, 5.74) is 2.81. The molecule has 162 valence electrons. The lowest BCUT2D eigenvalue weighted by Gasteiger charge is -2.34. The van der Waals surface area contributed by atoms with E-state index in [1.54, 1.807) is 24.3 Å². The summed E-state index contributed by atoms with van der Waals surface area (Å²) in [6.45, 7) is 1.16. The molecule has 1 fully saturated rings. The number of nitrogens with one attached hydrogen (secondary N) is 1. The maximum absolute atomic E-state index is 13.3. The van der Waals surface area contributed by atoms with Crippen LogP contribution in [0, 0.1) is 5.82 Å². The Morgan fingerprint density at radius 3 is 2.45 bits per heavy atom. The summed E-state index contributed by atoms with van der Waals surface area (Å²) in [7, 11) is 0. The number of amides is 2. The van der Waals surface area contributed by atoms with Gasteiger partial charge in [-0.15, -0.1) is 0 Å². The standard InChI is InChI=1S/C25H27ClFN3O/c26-20-10-14-22(15-11-20)28-25(31)30(23-5-2-1-3-6-23)18-24-7-4-16-29(24)17-19-8-12-21(27)13-9-19/h4,7-16,23H,1-3,5-6,17-18H2,(H,28,31). The summed E-state index contributed by atoms with van der Waals surface area (Å²) < 4.78 is 15.4. The lowest BCUT2D eigenvalue weighted by molar-refractivity contribution is 0.161. The summed E-state index contributed by atoms with van der Waals surface area (Å²) in [5, 5.41) is 3.67. The van der Waals surface area contributed by atoms with Gasteiger partial charge in [0.1, 0.15) is 5.82 Å². The fraction of sp³-hybridized carbons (Fsp3) is 0.320. The molecule has 0 bridgehead atoms. The minimum Gasteiger partial charge on any atom is -0.345 e. The fourth-order valence-corrected chi connectivity index (χ4v) is 4.32. The highest BCUT2D eigenvalue weighted by Gasteiger charge is 2.26. The Morgan fingerprint density at radius 2 is 1.74 bits per heavy atom. The first-order valence-corrected chi connectivity index (χ1v) is 11.2. The normalized spacial score (nSPS) is 14.4. The predicted octanol–water partition coefficient (Wildman–Crippen LogP) is 6.70. The monoisotopic (exact) mass is 439 g/mol. The number of anilines is 1. The third-order valence-electron chi connectivity index (χ3n) is 5.89. The van der Waals surface area contributed by atoms with Crippen LogP contribution in [0.3, 0.4) is 0 Å². The number of urea groups is 1. The van der Waals surface area contributed by atoms with Crippen LogP contribution in [-0.2, 0) is 13.1 Å². The van der Waals surface area contributed by atoms with Gasteiger partial charge in [-0.25, -0.2) is 9.18 Å². The van der Waals surface area contributed by atoms with Crippen LogP contribution in [0.15, 0.2) is 66.9 Å². The quantitative estimate of drug-likeness (QED) is 0.456. The third-order valence-corrected chi connectivity index (χ3v) is 6.15. The number of nitrogens with zero attached hydrogens (tertiary/aromatic N) is 2. The Hall–Kier alpha value is -2.79. The molecule has 0 radical (unpaired) electrons. The van der Waals surface area contributed by atoms with Gasteiger partial charge in [0.15, 0.2) is 0 Å². The van der Waals surface area contributed by atoms with Crippen molar-refractivity contribution in [3.05, 3.63) is 89.0 Å². The van der Waals surface area contributed by atoms with Crippen LogP contribution in [0.2, 0.25) is 5.02 Å². The molecule has 4 nitrogen and oxygen atoms in total. The van der Waals surface area contributed by atoms with Gasteiger partial charge in [0.2, 0.25) is 0 Å². The smallest absolute Gasteiger partial charge is 0.322 e. The minimum absolute atomic E-state index is 0.0937. The van der Waals surface area contributed by atoms with Gasteiger partial charge in [0.05, 0.1) is 6.54 Å². The van der Waals surface area contributed by atoms with Crippen LogP contribution >= 0.6 is 11.6 Å². The van der Waals surface area contributed by atoms with E-state index in [1.807, 2.05) is 29.3 Å². The molecule has 6 heteroatoms. The summed E-state index contributed by atoms with van der Waals surface area (Å²) >= 11 is 5.97. The molecule has 2 amide bonds. The second-order valence-corrected chi connectivity index (χ2v) is 8.55. The van der Waals surface area contributed by atoms with Crippen molar-refractivity contribution in [2.45, 2.75) is 51.2 Å². The molecule has 31 heavy (non-hydrogen) atoms. The Morgan fingerprint density at radius 1 is 1.03 bits per heavy atom. The van der Waals surface area contributed by atoms with Gasteiger partial charge in [-0.1, -0.05) is 43.0 Å². The third kappa shape index (κ3) is 5.67. The zero-order valence-electron chi connectivity index (χ0n) is 17.4. The van der Waals surface area contributed by atoms with Crippen molar-refractivity contribution >= 4 is 23.3 Å². The second kappa shape index (κ2) is 10.0. The SMILES string of the molecule is O=C(Nc1ccc(Cl)cc1)N(Cc1cccn1Cc1ccc(F)cc1)C1CCCCC1. The Bertz CT molecular complexity index is 994. The van der Waals surface area contributed by atoms with E-state index in [2.05, 4.69) is 16.0 Å². The minimum atomic E-state index is -0.237. The molecule has 3 aromatic rings. The fourth-order valence-electron chi connectivity index (χ4n) is 4.20. The van der Waals surface area contributed by atoms with Crippen molar-refractivity contribution in [3.8, 4) is 0 Å². The Labute approximate surface area is 187 Å². The molecule has 1 aliphatic carbocycles.